The number of nitrogens with one attached hydrogen (secondary N) is 2. The van der Waals surface area contributed by atoms with E-state index in [4.69, 9.17) is 0 Å². The van der Waals surface area contributed by atoms with Crippen LogP contribution < -0.4 is 10.6 Å². The third kappa shape index (κ3) is 5.04. The highest BCUT2D eigenvalue weighted by Gasteiger charge is 2.26. The second-order valence-electron chi connectivity index (χ2n) is 5.48. The van der Waals surface area contributed by atoms with Gasteiger partial charge in [-0.3, -0.25) is 4.79 Å². The Balaban J connectivity index is 2.36. The van der Waals surface area contributed by atoms with Crippen LogP contribution in [0.2, 0.25) is 0 Å². The number of piperidine rings is 1. The monoisotopic (exact) mass is 241 g/mol. The van der Waals surface area contributed by atoms with Gasteiger partial charge in [0.2, 0.25) is 5.91 Å². The SMILES string of the molecule is CCC1CCNC(C(=O)NC(C)CN(C)C)C1. The Bertz CT molecular complexity index is 243. The van der Waals surface area contributed by atoms with Gasteiger partial charge in [-0.1, -0.05) is 13.3 Å². The van der Waals surface area contributed by atoms with E-state index in [0.717, 1.165) is 19.5 Å². The second kappa shape index (κ2) is 6.97. The van der Waals surface area contributed by atoms with E-state index in [2.05, 4.69) is 29.4 Å². The van der Waals surface area contributed by atoms with Crippen LogP contribution in [0.1, 0.15) is 33.1 Å². The molecule has 0 spiro atoms. The molecule has 0 saturated carbocycles. The van der Waals surface area contributed by atoms with Crippen LogP contribution in [0.3, 0.4) is 0 Å². The minimum atomic E-state index is 0.0123. The molecule has 1 fully saturated rings. The van der Waals surface area contributed by atoms with Gasteiger partial charge in [0.05, 0.1) is 6.04 Å². The third-order valence-corrected chi connectivity index (χ3v) is 3.43. The fourth-order valence-electron chi connectivity index (χ4n) is 2.50. The van der Waals surface area contributed by atoms with Gasteiger partial charge in [-0.15, -0.1) is 0 Å². The normalized spacial score (nSPS) is 26.9. The second-order valence-corrected chi connectivity index (χ2v) is 5.48. The first-order valence-corrected chi connectivity index (χ1v) is 6.71. The molecule has 0 aromatic heterocycles. The van der Waals surface area contributed by atoms with Crippen molar-refractivity contribution in [2.75, 3.05) is 27.2 Å². The lowest BCUT2D eigenvalue weighted by atomic mass is 9.90. The Kier molecular flexibility index (Phi) is 5.92. The zero-order chi connectivity index (χ0) is 12.8. The number of carbonyl (C=O) groups excluding carboxylic acids is 1. The van der Waals surface area contributed by atoms with E-state index >= 15 is 0 Å². The summed E-state index contributed by atoms with van der Waals surface area (Å²) in [6.45, 7) is 6.12. The number of carbonyl (C=O) groups is 1. The molecule has 100 valence electrons. The third-order valence-electron chi connectivity index (χ3n) is 3.43. The smallest absolute Gasteiger partial charge is 0.237 e. The molecule has 1 heterocycles. The first-order valence-electron chi connectivity index (χ1n) is 6.71. The molecule has 3 atom stereocenters. The molecule has 0 aliphatic carbocycles. The summed E-state index contributed by atoms with van der Waals surface area (Å²) in [6, 6.07) is 0.222. The van der Waals surface area contributed by atoms with Gasteiger partial charge < -0.3 is 15.5 Å². The van der Waals surface area contributed by atoms with Crippen molar-refractivity contribution in [1.82, 2.24) is 15.5 Å². The van der Waals surface area contributed by atoms with E-state index in [0.29, 0.717) is 5.92 Å². The zero-order valence-electron chi connectivity index (χ0n) is 11.6. The predicted octanol–water partition coefficient (Wildman–Crippen LogP) is 0.831. The molecule has 1 rings (SSSR count). The maximum absolute atomic E-state index is 12.1. The standard InChI is InChI=1S/C13H27N3O/c1-5-11-6-7-14-12(8-11)13(17)15-10(2)9-16(3)4/h10-12,14H,5-9H2,1-4H3,(H,15,17). The quantitative estimate of drug-likeness (QED) is 0.749. The van der Waals surface area contributed by atoms with Crippen LogP contribution >= 0.6 is 0 Å². The van der Waals surface area contributed by atoms with Crippen molar-refractivity contribution in [3.63, 3.8) is 0 Å². The molecular weight excluding hydrogens is 214 g/mol. The summed E-state index contributed by atoms with van der Waals surface area (Å²) in [4.78, 5) is 14.2. The Morgan fingerprint density at radius 1 is 1.53 bits per heavy atom. The number of rotatable bonds is 5. The molecule has 1 saturated heterocycles. The average Bonchev–Trinajstić information content (AvgIpc) is 2.27. The number of nitrogens with zero attached hydrogens (tertiary/aromatic N) is 1. The lowest BCUT2D eigenvalue weighted by Gasteiger charge is -2.30. The Hall–Kier alpha value is -0.610. The molecule has 1 aliphatic heterocycles. The van der Waals surface area contributed by atoms with Crippen LogP contribution in [-0.2, 0) is 4.79 Å². The summed E-state index contributed by atoms with van der Waals surface area (Å²) >= 11 is 0. The Labute approximate surface area is 105 Å². The van der Waals surface area contributed by atoms with Crippen LogP contribution in [0.5, 0.6) is 0 Å². The highest BCUT2D eigenvalue weighted by molar-refractivity contribution is 5.82. The lowest BCUT2D eigenvalue weighted by molar-refractivity contribution is -0.124. The summed E-state index contributed by atoms with van der Waals surface area (Å²) in [5, 5.41) is 6.40. The summed E-state index contributed by atoms with van der Waals surface area (Å²) in [5.74, 6) is 0.869. The summed E-state index contributed by atoms with van der Waals surface area (Å²) in [5.41, 5.74) is 0. The molecular formula is C13H27N3O. The van der Waals surface area contributed by atoms with Crippen LogP contribution in [0, 0.1) is 5.92 Å². The van der Waals surface area contributed by atoms with Crippen LogP contribution in [0.4, 0.5) is 0 Å². The summed E-state index contributed by atoms with van der Waals surface area (Å²) in [7, 11) is 4.04. The first-order chi connectivity index (χ1) is 8.02. The van der Waals surface area contributed by atoms with Gasteiger partial charge in [-0.2, -0.15) is 0 Å². The molecule has 4 heteroatoms. The maximum atomic E-state index is 12.1. The van der Waals surface area contributed by atoms with E-state index in [1.165, 1.54) is 12.8 Å². The van der Waals surface area contributed by atoms with Crippen LogP contribution in [-0.4, -0.2) is 50.1 Å². The summed E-state index contributed by atoms with van der Waals surface area (Å²) < 4.78 is 0. The minimum Gasteiger partial charge on any atom is -0.351 e. The molecule has 3 unspecified atom stereocenters. The van der Waals surface area contributed by atoms with Crippen molar-refractivity contribution >= 4 is 5.91 Å². The molecule has 0 radical (unpaired) electrons. The molecule has 0 bridgehead atoms. The number of hydrogen-bond acceptors (Lipinski definition) is 3. The van der Waals surface area contributed by atoms with Gasteiger partial charge in [0, 0.05) is 12.6 Å². The van der Waals surface area contributed by atoms with E-state index in [1.807, 2.05) is 14.1 Å². The maximum Gasteiger partial charge on any atom is 0.237 e. The summed E-state index contributed by atoms with van der Waals surface area (Å²) in [6.07, 6.45) is 3.36. The van der Waals surface area contributed by atoms with Crippen molar-refractivity contribution in [1.29, 1.82) is 0 Å². The molecule has 4 nitrogen and oxygen atoms in total. The van der Waals surface area contributed by atoms with Gasteiger partial charge in [-0.25, -0.2) is 0 Å². The van der Waals surface area contributed by atoms with Gasteiger partial charge in [-0.05, 0) is 46.3 Å². The van der Waals surface area contributed by atoms with Crippen LogP contribution in [0.15, 0.2) is 0 Å². The largest absolute Gasteiger partial charge is 0.351 e. The van der Waals surface area contributed by atoms with Gasteiger partial charge in [0.1, 0.15) is 0 Å². The Morgan fingerprint density at radius 3 is 2.82 bits per heavy atom. The molecule has 0 aromatic rings. The van der Waals surface area contributed by atoms with Crippen molar-refractivity contribution in [3.05, 3.63) is 0 Å². The lowest BCUT2D eigenvalue weighted by Crippen LogP contribution is -2.52. The molecule has 0 aromatic carbocycles. The van der Waals surface area contributed by atoms with Crippen molar-refractivity contribution < 1.29 is 4.79 Å². The fraction of sp³-hybridized carbons (Fsp3) is 0.923. The van der Waals surface area contributed by atoms with E-state index in [-0.39, 0.29) is 18.0 Å². The minimum absolute atomic E-state index is 0.0123. The van der Waals surface area contributed by atoms with E-state index in [1.54, 1.807) is 0 Å². The number of likely N-dealkylation sites (N-methyl/N-ethyl adjacent to an activating group) is 1. The zero-order valence-corrected chi connectivity index (χ0v) is 11.6. The molecule has 17 heavy (non-hydrogen) atoms. The Morgan fingerprint density at radius 2 is 2.24 bits per heavy atom. The first kappa shape index (κ1) is 14.5. The van der Waals surface area contributed by atoms with Crippen LogP contribution in [0.25, 0.3) is 0 Å². The molecule has 2 N–H and O–H groups in total. The molecule has 1 aliphatic rings. The van der Waals surface area contributed by atoms with E-state index < -0.39 is 0 Å². The predicted molar refractivity (Wildman–Crippen MR) is 71.0 cm³/mol. The van der Waals surface area contributed by atoms with Crippen molar-refractivity contribution in [3.8, 4) is 0 Å². The highest BCUT2D eigenvalue weighted by atomic mass is 16.2. The average molecular weight is 241 g/mol. The van der Waals surface area contributed by atoms with Crippen molar-refractivity contribution in [2.24, 2.45) is 5.92 Å². The van der Waals surface area contributed by atoms with Crippen molar-refractivity contribution in [2.45, 2.75) is 45.2 Å². The molecule has 1 amide bonds. The highest BCUT2D eigenvalue weighted by Crippen LogP contribution is 2.19. The van der Waals surface area contributed by atoms with Gasteiger partial charge in [0.25, 0.3) is 0 Å². The van der Waals surface area contributed by atoms with Gasteiger partial charge in [0.15, 0.2) is 0 Å². The topological polar surface area (TPSA) is 44.4 Å². The number of amides is 1. The van der Waals surface area contributed by atoms with Gasteiger partial charge >= 0.3 is 0 Å². The van der Waals surface area contributed by atoms with E-state index in [9.17, 15) is 4.79 Å². The fourth-order valence-corrected chi connectivity index (χ4v) is 2.50. The number of hydrogen-bond donors (Lipinski definition) is 2.